The summed E-state index contributed by atoms with van der Waals surface area (Å²) < 4.78 is 0. The Hall–Kier alpha value is -1.48. The molecule has 1 heterocycles. The van der Waals surface area contributed by atoms with Gasteiger partial charge in [-0.2, -0.15) is 0 Å². The molecule has 1 aromatic carbocycles. The molecule has 0 aliphatic rings. The summed E-state index contributed by atoms with van der Waals surface area (Å²) in [5, 5.41) is 2.63. The average Bonchev–Trinajstić information content (AvgIpc) is 2.68. The minimum atomic E-state index is 0.874. The van der Waals surface area contributed by atoms with Crippen LogP contribution in [0.1, 0.15) is 0 Å². The number of aromatic nitrogens is 2. The highest BCUT2D eigenvalue weighted by Gasteiger charge is 2.00. The van der Waals surface area contributed by atoms with Crippen LogP contribution < -0.4 is 0 Å². The molecule has 0 unspecified atom stereocenters. The number of nitrogens with one attached hydrogen (secondary N) is 1. The lowest BCUT2D eigenvalue weighted by Gasteiger charge is -1.94. The van der Waals surface area contributed by atoms with Crippen molar-refractivity contribution in [2.75, 3.05) is 0 Å². The van der Waals surface area contributed by atoms with E-state index in [1.54, 1.807) is 5.41 Å². The number of nitrogens with zero attached hydrogens (tertiary/aromatic N) is 1. The normalized spacial score (nSPS) is 10.0. The van der Waals surface area contributed by atoms with Crippen LogP contribution in [0.15, 0.2) is 53.7 Å². The molecule has 0 radical (unpaired) electrons. The van der Waals surface area contributed by atoms with Crippen molar-refractivity contribution in [1.29, 1.82) is 0 Å². The quantitative estimate of drug-likeness (QED) is 0.773. The van der Waals surface area contributed by atoms with Gasteiger partial charge >= 0.3 is 0 Å². The van der Waals surface area contributed by atoms with Crippen LogP contribution in [0.5, 0.6) is 0 Å². The number of benzene rings is 1. The summed E-state index contributed by atoms with van der Waals surface area (Å²) in [5.74, 6) is 0. The lowest BCUT2D eigenvalue weighted by molar-refractivity contribution is 1.07. The van der Waals surface area contributed by atoms with Crippen molar-refractivity contribution in [3.8, 4) is 11.3 Å². The molecule has 0 amide bonds. The minimum Gasteiger partial charge on any atom is -0.333 e. The van der Waals surface area contributed by atoms with Crippen molar-refractivity contribution in [2.45, 2.75) is 5.16 Å². The molecule has 70 valence electrons. The molecule has 0 aliphatic carbocycles. The van der Waals surface area contributed by atoms with E-state index in [1.165, 1.54) is 11.8 Å². The average molecular weight is 202 g/mol. The molecule has 0 aliphatic heterocycles. The van der Waals surface area contributed by atoms with Crippen molar-refractivity contribution in [3.05, 3.63) is 48.5 Å². The molecule has 2 aromatic rings. The monoisotopic (exact) mass is 202 g/mol. The van der Waals surface area contributed by atoms with Gasteiger partial charge in [-0.05, 0) is 11.0 Å². The smallest absolute Gasteiger partial charge is 0.170 e. The van der Waals surface area contributed by atoms with Crippen molar-refractivity contribution >= 4 is 11.8 Å². The fraction of sp³-hybridized carbons (Fsp3) is 0. The van der Waals surface area contributed by atoms with E-state index in [-0.39, 0.29) is 0 Å². The summed E-state index contributed by atoms with van der Waals surface area (Å²) in [6.45, 7) is 3.64. The highest BCUT2D eigenvalue weighted by molar-refractivity contribution is 8.02. The number of thioether (sulfide) groups is 1. The highest BCUT2D eigenvalue weighted by atomic mass is 32.2. The number of imidazole rings is 1. The fourth-order valence-electron chi connectivity index (χ4n) is 1.21. The van der Waals surface area contributed by atoms with Gasteiger partial charge in [-0.1, -0.05) is 48.7 Å². The third-order valence-corrected chi connectivity index (χ3v) is 2.43. The summed E-state index contributed by atoms with van der Waals surface area (Å²) in [5.41, 5.74) is 2.19. The Balaban J connectivity index is 2.29. The first-order chi connectivity index (χ1) is 6.90. The summed E-state index contributed by atoms with van der Waals surface area (Å²) in [6, 6.07) is 10.1. The van der Waals surface area contributed by atoms with Crippen LogP contribution in [-0.2, 0) is 0 Å². The summed E-state index contributed by atoms with van der Waals surface area (Å²) in [6.07, 6.45) is 1.83. The predicted octanol–water partition coefficient (Wildman–Crippen LogP) is 3.31. The minimum absolute atomic E-state index is 0.874. The molecule has 3 heteroatoms. The van der Waals surface area contributed by atoms with Crippen molar-refractivity contribution in [3.63, 3.8) is 0 Å². The molecule has 1 aromatic heterocycles. The van der Waals surface area contributed by atoms with Crippen LogP contribution in [0, 0.1) is 0 Å². The lowest BCUT2D eigenvalue weighted by Crippen LogP contribution is -1.75. The van der Waals surface area contributed by atoms with E-state index >= 15 is 0 Å². The summed E-state index contributed by atoms with van der Waals surface area (Å²) >= 11 is 1.49. The summed E-state index contributed by atoms with van der Waals surface area (Å²) in [4.78, 5) is 7.43. The molecule has 1 N–H and O–H groups in total. The van der Waals surface area contributed by atoms with Crippen LogP contribution in [0.4, 0.5) is 0 Å². The number of hydrogen-bond donors (Lipinski definition) is 1. The standard InChI is InChI=1S/C11H10N2S/c1-2-14-11-12-8-10(13-11)9-6-4-3-5-7-9/h2-8H,1H2,(H,12,13). The molecular formula is C11H10N2S. The van der Waals surface area contributed by atoms with Gasteiger partial charge in [0.1, 0.15) is 0 Å². The van der Waals surface area contributed by atoms with E-state index in [1.807, 2.05) is 24.4 Å². The third-order valence-electron chi connectivity index (χ3n) is 1.83. The Morgan fingerprint density at radius 2 is 2.07 bits per heavy atom. The van der Waals surface area contributed by atoms with Crippen molar-refractivity contribution < 1.29 is 0 Å². The first-order valence-electron chi connectivity index (χ1n) is 4.28. The Labute approximate surface area is 87.1 Å². The zero-order chi connectivity index (χ0) is 9.80. The van der Waals surface area contributed by atoms with Gasteiger partial charge < -0.3 is 4.98 Å². The van der Waals surface area contributed by atoms with Crippen molar-refractivity contribution in [1.82, 2.24) is 9.97 Å². The van der Waals surface area contributed by atoms with Gasteiger partial charge in [0, 0.05) is 0 Å². The van der Waals surface area contributed by atoms with Gasteiger partial charge in [0.05, 0.1) is 11.9 Å². The van der Waals surface area contributed by atoms with Gasteiger partial charge in [0.2, 0.25) is 0 Å². The zero-order valence-corrected chi connectivity index (χ0v) is 8.42. The highest BCUT2D eigenvalue weighted by Crippen LogP contribution is 2.20. The number of aromatic amines is 1. The molecule has 0 fully saturated rings. The Bertz CT molecular complexity index is 420. The van der Waals surface area contributed by atoms with E-state index in [2.05, 4.69) is 28.7 Å². The van der Waals surface area contributed by atoms with Crippen LogP contribution >= 0.6 is 11.8 Å². The maximum absolute atomic E-state index is 4.22. The van der Waals surface area contributed by atoms with Gasteiger partial charge in [-0.3, -0.25) is 0 Å². The van der Waals surface area contributed by atoms with Gasteiger partial charge in [-0.15, -0.1) is 0 Å². The largest absolute Gasteiger partial charge is 0.333 e. The first kappa shape index (κ1) is 9.09. The van der Waals surface area contributed by atoms with Gasteiger partial charge in [0.25, 0.3) is 0 Å². The topological polar surface area (TPSA) is 28.7 Å². The lowest BCUT2D eigenvalue weighted by atomic mass is 10.2. The number of rotatable bonds is 3. The fourth-order valence-corrected chi connectivity index (χ4v) is 1.65. The SMILES string of the molecule is C=CSc1ncc(-c2ccccc2)[nH]1. The van der Waals surface area contributed by atoms with Gasteiger partial charge in [-0.25, -0.2) is 4.98 Å². The molecular weight excluding hydrogens is 192 g/mol. The van der Waals surface area contributed by atoms with Gasteiger partial charge in [0.15, 0.2) is 5.16 Å². The van der Waals surface area contributed by atoms with E-state index < -0.39 is 0 Å². The summed E-state index contributed by atoms with van der Waals surface area (Å²) in [7, 11) is 0. The van der Waals surface area contributed by atoms with Crippen LogP contribution in [0.3, 0.4) is 0 Å². The molecule has 0 spiro atoms. The van der Waals surface area contributed by atoms with E-state index in [0.29, 0.717) is 0 Å². The molecule has 2 rings (SSSR count). The maximum Gasteiger partial charge on any atom is 0.170 e. The molecule has 14 heavy (non-hydrogen) atoms. The second-order valence-electron chi connectivity index (χ2n) is 2.75. The predicted molar refractivity (Wildman–Crippen MR) is 60.1 cm³/mol. The third kappa shape index (κ3) is 1.88. The second kappa shape index (κ2) is 4.15. The molecule has 0 saturated heterocycles. The maximum atomic E-state index is 4.22. The van der Waals surface area contributed by atoms with E-state index in [0.717, 1.165) is 16.4 Å². The zero-order valence-electron chi connectivity index (χ0n) is 7.60. The van der Waals surface area contributed by atoms with E-state index in [9.17, 15) is 0 Å². The Kier molecular flexibility index (Phi) is 2.70. The van der Waals surface area contributed by atoms with Crippen LogP contribution in [0.25, 0.3) is 11.3 Å². The molecule has 0 saturated carbocycles. The van der Waals surface area contributed by atoms with Crippen molar-refractivity contribution in [2.24, 2.45) is 0 Å². The van der Waals surface area contributed by atoms with E-state index in [4.69, 9.17) is 0 Å². The number of hydrogen-bond acceptors (Lipinski definition) is 2. The van der Waals surface area contributed by atoms with Crippen LogP contribution in [-0.4, -0.2) is 9.97 Å². The molecule has 2 nitrogen and oxygen atoms in total. The molecule has 0 bridgehead atoms. The second-order valence-corrected chi connectivity index (χ2v) is 3.71. The number of H-pyrrole nitrogens is 1. The molecule has 0 atom stereocenters. The Morgan fingerprint density at radius 3 is 2.79 bits per heavy atom. The Morgan fingerprint density at radius 1 is 1.29 bits per heavy atom. The van der Waals surface area contributed by atoms with Crippen LogP contribution in [0.2, 0.25) is 0 Å². The first-order valence-corrected chi connectivity index (χ1v) is 5.16.